The number of hydrogen-bond acceptors (Lipinski definition) is 2. The van der Waals surface area contributed by atoms with E-state index in [1.165, 1.54) is 12.8 Å². The highest BCUT2D eigenvalue weighted by Crippen LogP contribution is 2.57. The summed E-state index contributed by atoms with van der Waals surface area (Å²) in [5.74, 6) is 8.22. The Hall–Kier alpha value is -1.46. The Bertz CT molecular complexity index is 597. The second kappa shape index (κ2) is 5.97. The maximum Gasteiger partial charge on any atom is 0.116 e. The number of phenols is 1. The predicted octanol–water partition coefficient (Wildman–Crippen LogP) is 3.96. The predicted molar refractivity (Wildman–Crippen MR) is 88.3 cm³/mol. The Labute approximate surface area is 133 Å². The third kappa shape index (κ3) is 2.75. The molecule has 2 aliphatic rings. The molecule has 0 heterocycles. The number of benzene rings is 1. The van der Waals surface area contributed by atoms with Crippen LogP contribution in [0.15, 0.2) is 24.3 Å². The van der Waals surface area contributed by atoms with Gasteiger partial charge in [0.25, 0.3) is 0 Å². The van der Waals surface area contributed by atoms with Crippen molar-refractivity contribution in [3.05, 3.63) is 29.8 Å². The summed E-state index contributed by atoms with van der Waals surface area (Å²) in [5, 5.41) is 19.8. The third-order valence-corrected chi connectivity index (χ3v) is 6.06. The highest BCUT2D eigenvalue weighted by molar-refractivity contribution is 5.39. The maximum absolute atomic E-state index is 10.3. The van der Waals surface area contributed by atoms with Crippen molar-refractivity contribution in [2.24, 2.45) is 23.2 Å². The molecule has 1 aromatic rings. The van der Waals surface area contributed by atoms with E-state index in [2.05, 4.69) is 25.7 Å². The second-order valence-electron chi connectivity index (χ2n) is 7.36. The number of rotatable bonds is 1. The Balaban J connectivity index is 1.77. The molecule has 0 radical (unpaired) electrons. The average Bonchev–Trinajstić information content (AvgIpc) is 2.83. The van der Waals surface area contributed by atoms with E-state index >= 15 is 0 Å². The summed E-state index contributed by atoms with van der Waals surface area (Å²) in [6, 6.07) is 7.14. The Kier molecular flexibility index (Phi) is 4.19. The summed E-state index contributed by atoms with van der Waals surface area (Å²) in [6.45, 7) is 4.58. The number of fused-ring (bicyclic) bond motifs is 1. The van der Waals surface area contributed by atoms with Crippen LogP contribution in [0.3, 0.4) is 0 Å². The monoisotopic (exact) mass is 298 g/mol. The number of aliphatic hydroxyl groups is 1. The first kappa shape index (κ1) is 15.4. The topological polar surface area (TPSA) is 40.5 Å². The molecule has 0 unspecified atom stereocenters. The van der Waals surface area contributed by atoms with E-state index in [0.717, 1.165) is 24.8 Å². The van der Waals surface area contributed by atoms with Gasteiger partial charge in [0.05, 0.1) is 6.10 Å². The van der Waals surface area contributed by atoms with E-state index in [0.29, 0.717) is 17.8 Å². The molecule has 2 N–H and O–H groups in total. The number of aromatic hydroxyl groups is 1. The van der Waals surface area contributed by atoms with Gasteiger partial charge in [-0.3, -0.25) is 0 Å². The Morgan fingerprint density at radius 3 is 2.86 bits per heavy atom. The van der Waals surface area contributed by atoms with Gasteiger partial charge >= 0.3 is 0 Å². The molecule has 2 aliphatic carbocycles. The van der Waals surface area contributed by atoms with E-state index in [1.807, 2.05) is 12.1 Å². The van der Waals surface area contributed by atoms with Crippen LogP contribution in [-0.2, 0) is 0 Å². The molecule has 3 rings (SSSR count). The van der Waals surface area contributed by atoms with Crippen molar-refractivity contribution < 1.29 is 10.2 Å². The maximum atomic E-state index is 10.3. The molecule has 0 amide bonds. The Morgan fingerprint density at radius 2 is 2.09 bits per heavy atom. The molecular weight excluding hydrogens is 272 g/mol. The molecular formula is C20H26O2. The van der Waals surface area contributed by atoms with Gasteiger partial charge in [-0.2, -0.15) is 0 Å². The Morgan fingerprint density at radius 1 is 1.27 bits per heavy atom. The first-order valence-electron chi connectivity index (χ1n) is 8.49. The molecule has 118 valence electrons. The summed E-state index contributed by atoms with van der Waals surface area (Å²) < 4.78 is 0. The first-order chi connectivity index (χ1) is 10.5. The van der Waals surface area contributed by atoms with E-state index in [1.54, 1.807) is 12.1 Å². The molecule has 2 fully saturated rings. The minimum Gasteiger partial charge on any atom is -0.508 e. The van der Waals surface area contributed by atoms with E-state index < -0.39 is 0 Å². The minimum atomic E-state index is -0.116. The van der Waals surface area contributed by atoms with E-state index in [4.69, 9.17) is 0 Å². The van der Waals surface area contributed by atoms with Gasteiger partial charge in [-0.05, 0) is 61.1 Å². The third-order valence-electron chi connectivity index (χ3n) is 6.06. The van der Waals surface area contributed by atoms with Gasteiger partial charge in [0.1, 0.15) is 5.75 Å². The van der Waals surface area contributed by atoms with Gasteiger partial charge in [-0.25, -0.2) is 0 Å². The van der Waals surface area contributed by atoms with Crippen LogP contribution in [0.5, 0.6) is 5.75 Å². The van der Waals surface area contributed by atoms with Crippen molar-refractivity contribution in [2.75, 3.05) is 0 Å². The summed E-state index contributed by atoms with van der Waals surface area (Å²) in [5.41, 5.74) is 1.11. The molecule has 0 saturated heterocycles. The van der Waals surface area contributed by atoms with Crippen molar-refractivity contribution in [1.29, 1.82) is 0 Å². The molecule has 2 saturated carbocycles. The van der Waals surface area contributed by atoms with Crippen molar-refractivity contribution in [2.45, 2.75) is 52.1 Å². The van der Waals surface area contributed by atoms with Gasteiger partial charge < -0.3 is 10.2 Å². The minimum absolute atomic E-state index is 0.116. The molecule has 0 spiro atoms. The van der Waals surface area contributed by atoms with Gasteiger partial charge in [-0.15, -0.1) is 0 Å². The lowest BCUT2D eigenvalue weighted by Crippen LogP contribution is -2.41. The molecule has 2 nitrogen and oxygen atoms in total. The number of hydrogen-bond donors (Lipinski definition) is 2. The van der Waals surface area contributed by atoms with Crippen LogP contribution in [0, 0.1) is 35.0 Å². The first-order valence-corrected chi connectivity index (χ1v) is 8.49. The second-order valence-corrected chi connectivity index (χ2v) is 7.36. The lowest BCUT2D eigenvalue weighted by molar-refractivity contribution is -0.0224. The zero-order valence-corrected chi connectivity index (χ0v) is 13.5. The average molecular weight is 298 g/mol. The quantitative estimate of drug-likeness (QED) is 0.771. The largest absolute Gasteiger partial charge is 0.508 e. The summed E-state index contributed by atoms with van der Waals surface area (Å²) in [6.07, 6.45) is 5.52. The SMILES string of the molecule is C[C@H](C#Cc1cccc(O)c1)[C@H]1CC[C@H]2[C@@H](O)CCC[C@]12C. The fourth-order valence-corrected chi connectivity index (χ4v) is 4.89. The molecule has 0 bridgehead atoms. The zero-order chi connectivity index (χ0) is 15.7. The molecule has 1 aromatic carbocycles. The van der Waals surface area contributed by atoms with Gasteiger partial charge in [0.2, 0.25) is 0 Å². The molecule has 2 heteroatoms. The fourth-order valence-electron chi connectivity index (χ4n) is 4.89. The summed E-state index contributed by atoms with van der Waals surface area (Å²) in [7, 11) is 0. The van der Waals surface area contributed by atoms with E-state index in [-0.39, 0.29) is 17.3 Å². The molecule has 0 aliphatic heterocycles. The van der Waals surface area contributed by atoms with Crippen molar-refractivity contribution in [3.8, 4) is 17.6 Å². The van der Waals surface area contributed by atoms with Crippen LogP contribution in [-0.4, -0.2) is 16.3 Å². The number of phenolic OH excluding ortho intramolecular Hbond substituents is 1. The van der Waals surface area contributed by atoms with Gasteiger partial charge in [-0.1, -0.05) is 38.2 Å². The lowest BCUT2D eigenvalue weighted by Gasteiger charge is -2.44. The van der Waals surface area contributed by atoms with Gasteiger partial charge in [0.15, 0.2) is 0 Å². The standard InChI is InChI=1S/C20H26O2/c1-14(8-9-15-5-3-6-16(21)13-15)17-10-11-18-19(22)7-4-12-20(17,18)2/h3,5-6,13-14,17-19,21-22H,4,7,10-12H2,1-2H3/t14-,17-,18+,19+,20-/m1/s1. The highest BCUT2D eigenvalue weighted by Gasteiger charge is 2.52. The van der Waals surface area contributed by atoms with Crippen LogP contribution < -0.4 is 0 Å². The summed E-state index contributed by atoms with van der Waals surface area (Å²) >= 11 is 0. The number of aliphatic hydroxyl groups excluding tert-OH is 1. The van der Waals surface area contributed by atoms with Crippen LogP contribution in [0.4, 0.5) is 0 Å². The van der Waals surface area contributed by atoms with Crippen LogP contribution in [0.2, 0.25) is 0 Å². The van der Waals surface area contributed by atoms with Crippen LogP contribution in [0.25, 0.3) is 0 Å². The van der Waals surface area contributed by atoms with Crippen molar-refractivity contribution >= 4 is 0 Å². The van der Waals surface area contributed by atoms with Crippen molar-refractivity contribution in [1.82, 2.24) is 0 Å². The van der Waals surface area contributed by atoms with Crippen LogP contribution in [0.1, 0.15) is 51.5 Å². The summed E-state index contributed by atoms with van der Waals surface area (Å²) in [4.78, 5) is 0. The molecule has 0 aromatic heterocycles. The highest BCUT2D eigenvalue weighted by atomic mass is 16.3. The normalized spacial score (nSPS) is 35.3. The zero-order valence-electron chi connectivity index (χ0n) is 13.5. The van der Waals surface area contributed by atoms with Crippen LogP contribution >= 0.6 is 0 Å². The van der Waals surface area contributed by atoms with Gasteiger partial charge in [0, 0.05) is 11.5 Å². The smallest absolute Gasteiger partial charge is 0.116 e. The van der Waals surface area contributed by atoms with E-state index in [9.17, 15) is 10.2 Å². The molecule has 22 heavy (non-hydrogen) atoms. The lowest BCUT2D eigenvalue weighted by atomic mass is 9.62. The molecule has 5 atom stereocenters. The fraction of sp³-hybridized carbons (Fsp3) is 0.600. The van der Waals surface area contributed by atoms with Crippen molar-refractivity contribution in [3.63, 3.8) is 0 Å².